The third-order valence-electron chi connectivity index (χ3n) is 4.26. The largest absolute Gasteiger partial charge is 0.334 e. The second kappa shape index (κ2) is 5.33. The summed E-state index contributed by atoms with van der Waals surface area (Å²) in [5.74, 6) is 1.47. The van der Waals surface area contributed by atoms with Crippen LogP contribution in [0.4, 0.5) is 0 Å². The Kier molecular flexibility index (Phi) is 4.07. The molecular formula is C14H23N3O2S. The van der Waals surface area contributed by atoms with Gasteiger partial charge in [-0.2, -0.15) is 0 Å². The number of hydrogen-bond donors (Lipinski definition) is 0. The fraction of sp³-hybridized carbons (Fsp3) is 0.643. The Morgan fingerprint density at radius 3 is 2.75 bits per heavy atom. The zero-order valence-corrected chi connectivity index (χ0v) is 13.3. The summed E-state index contributed by atoms with van der Waals surface area (Å²) in [4.78, 5) is 6.49. The zero-order valence-electron chi connectivity index (χ0n) is 12.5. The zero-order chi connectivity index (χ0) is 15.0. The van der Waals surface area contributed by atoms with E-state index in [1.165, 1.54) is 0 Å². The van der Waals surface area contributed by atoms with Crippen LogP contribution in [0.3, 0.4) is 0 Å². The van der Waals surface area contributed by atoms with Gasteiger partial charge in [-0.25, -0.2) is 13.4 Å². The Bertz CT molecular complexity index is 606. The Morgan fingerprint density at radius 1 is 1.60 bits per heavy atom. The van der Waals surface area contributed by atoms with Gasteiger partial charge in [-0.05, 0) is 20.3 Å². The molecule has 0 amide bonds. The van der Waals surface area contributed by atoms with Gasteiger partial charge < -0.3 is 4.57 Å². The molecule has 0 radical (unpaired) electrons. The summed E-state index contributed by atoms with van der Waals surface area (Å²) in [5.41, 5.74) is 0.778. The molecular weight excluding hydrogens is 274 g/mol. The highest BCUT2D eigenvalue weighted by atomic mass is 32.2. The van der Waals surface area contributed by atoms with Crippen LogP contribution >= 0.6 is 0 Å². The van der Waals surface area contributed by atoms with E-state index in [9.17, 15) is 8.42 Å². The summed E-state index contributed by atoms with van der Waals surface area (Å²) in [7, 11) is -0.929. The van der Waals surface area contributed by atoms with Crippen LogP contribution in [-0.4, -0.2) is 46.5 Å². The first-order valence-electron chi connectivity index (χ1n) is 6.81. The van der Waals surface area contributed by atoms with Crippen LogP contribution in [0.1, 0.15) is 24.9 Å². The van der Waals surface area contributed by atoms with Crippen molar-refractivity contribution < 1.29 is 8.42 Å². The fourth-order valence-electron chi connectivity index (χ4n) is 2.77. The third-order valence-corrected chi connectivity index (χ3v) is 6.15. The highest BCUT2D eigenvalue weighted by Crippen LogP contribution is 2.30. The van der Waals surface area contributed by atoms with E-state index in [1.54, 1.807) is 0 Å². The summed E-state index contributed by atoms with van der Waals surface area (Å²) in [6.45, 7) is 9.16. The van der Waals surface area contributed by atoms with E-state index in [0.717, 1.165) is 11.5 Å². The topological polar surface area (TPSA) is 55.2 Å². The minimum absolute atomic E-state index is 0.227. The molecule has 1 aromatic rings. The van der Waals surface area contributed by atoms with Crippen LogP contribution in [0, 0.1) is 6.92 Å². The molecule has 0 saturated carbocycles. The number of aromatic nitrogens is 2. The molecule has 1 saturated heterocycles. The van der Waals surface area contributed by atoms with Gasteiger partial charge in [0, 0.05) is 31.9 Å². The molecule has 1 atom stereocenters. The predicted molar refractivity (Wildman–Crippen MR) is 80.2 cm³/mol. The lowest BCUT2D eigenvalue weighted by Crippen LogP contribution is -2.47. The maximum atomic E-state index is 11.8. The minimum atomic E-state index is -2.91. The molecule has 2 rings (SSSR count). The molecule has 0 aromatic carbocycles. The third kappa shape index (κ3) is 2.96. The van der Waals surface area contributed by atoms with Crippen LogP contribution < -0.4 is 0 Å². The summed E-state index contributed by atoms with van der Waals surface area (Å²) in [6.07, 6.45) is 4.37. The first-order chi connectivity index (χ1) is 9.27. The minimum Gasteiger partial charge on any atom is -0.334 e. The summed E-state index contributed by atoms with van der Waals surface area (Å²) in [6, 6.07) is 0. The SMILES string of the molecule is C=CCN(Cc1cnc(C)n1C)[C@@]1(C)CCS(=O)(=O)C1. The van der Waals surface area contributed by atoms with E-state index >= 15 is 0 Å². The van der Waals surface area contributed by atoms with Crippen molar-refractivity contribution in [3.63, 3.8) is 0 Å². The average Bonchev–Trinajstić information content (AvgIpc) is 2.82. The Hall–Kier alpha value is -1.14. The molecule has 1 fully saturated rings. The van der Waals surface area contributed by atoms with E-state index in [1.807, 2.05) is 37.7 Å². The molecule has 2 heterocycles. The van der Waals surface area contributed by atoms with Crippen LogP contribution in [0.5, 0.6) is 0 Å². The van der Waals surface area contributed by atoms with Crippen molar-refractivity contribution in [1.82, 2.24) is 14.5 Å². The van der Waals surface area contributed by atoms with Gasteiger partial charge in [0.2, 0.25) is 0 Å². The van der Waals surface area contributed by atoms with Crippen molar-refractivity contribution >= 4 is 9.84 Å². The van der Waals surface area contributed by atoms with E-state index in [4.69, 9.17) is 0 Å². The normalized spacial score (nSPS) is 25.2. The first-order valence-corrected chi connectivity index (χ1v) is 8.63. The number of rotatable bonds is 5. The highest BCUT2D eigenvalue weighted by Gasteiger charge is 2.42. The average molecular weight is 297 g/mol. The van der Waals surface area contributed by atoms with E-state index in [-0.39, 0.29) is 17.0 Å². The van der Waals surface area contributed by atoms with Crippen LogP contribution in [-0.2, 0) is 23.4 Å². The van der Waals surface area contributed by atoms with Crippen LogP contribution in [0.25, 0.3) is 0 Å². The van der Waals surface area contributed by atoms with Gasteiger partial charge in [-0.15, -0.1) is 6.58 Å². The molecule has 20 heavy (non-hydrogen) atoms. The van der Waals surface area contributed by atoms with E-state index in [2.05, 4.69) is 16.5 Å². The maximum Gasteiger partial charge on any atom is 0.152 e. The van der Waals surface area contributed by atoms with Gasteiger partial charge in [0.05, 0.1) is 17.2 Å². The second-order valence-corrected chi connectivity index (χ2v) is 8.05. The standard InChI is InChI=1S/C14H23N3O2S/c1-5-7-17(10-13-9-15-12(2)16(13)4)14(3)6-8-20(18,19)11-14/h5,9H,1,6-8,10-11H2,2-4H3/t14-/m0/s1. The van der Waals surface area contributed by atoms with Gasteiger partial charge >= 0.3 is 0 Å². The molecule has 0 spiro atoms. The van der Waals surface area contributed by atoms with Gasteiger partial charge in [0.25, 0.3) is 0 Å². The Morgan fingerprint density at radius 2 is 2.30 bits per heavy atom. The molecule has 112 valence electrons. The number of nitrogens with zero attached hydrogens (tertiary/aromatic N) is 3. The van der Waals surface area contributed by atoms with Crippen molar-refractivity contribution in [2.45, 2.75) is 32.4 Å². The van der Waals surface area contributed by atoms with Crippen molar-refractivity contribution in [3.8, 4) is 0 Å². The van der Waals surface area contributed by atoms with Crippen LogP contribution in [0.2, 0.25) is 0 Å². The predicted octanol–water partition coefficient (Wildman–Crippen LogP) is 1.29. The highest BCUT2D eigenvalue weighted by molar-refractivity contribution is 7.91. The van der Waals surface area contributed by atoms with E-state index in [0.29, 0.717) is 19.5 Å². The fourth-order valence-corrected chi connectivity index (χ4v) is 4.94. The van der Waals surface area contributed by atoms with Crippen molar-refractivity contribution in [3.05, 3.63) is 30.4 Å². The molecule has 5 nitrogen and oxygen atoms in total. The number of aryl methyl sites for hydroxylation is 1. The second-order valence-electron chi connectivity index (χ2n) is 5.86. The molecule has 0 N–H and O–H groups in total. The lowest BCUT2D eigenvalue weighted by Gasteiger charge is -2.36. The molecule has 6 heteroatoms. The smallest absolute Gasteiger partial charge is 0.152 e. The van der Waals surface area contributed by atoms with Crippen molar-refractivity contribution in [2.24, 2.45) is 7.05 Å². The quantitative estimate of drug-likeness (QED) is 0.769. The number of imidazole rings is 1. The van der Waals surface area contributed by atoms with Crippen molar-refractivity contribution in [2.75, 3.05) is 18.1 Å². The molecule has 0 aliphatic carbocycles. The lowest BCUT2D eigenvalue weighted by atomic mass is 9.99. The maximum absolute atomic E-state index is 11.8. The molecule has 0 bridgehead atoms. The summed E-state index contributed by atoms with van der Waals surface area (Å²) in [5, 5.41) is 0. The van der Waals surface area contributed by atoms with E-state index < -0.39 is 9.84 Å². The molecule has 1 aromatic heterocycles. The van der Waals surface area contributed by atoms with Crippen molar-refractivity contribution in [1.29, 1.82) is 0 Å². The number of sulfone groups is 1. The Labute approximate surface area is 121 Å². The molecule has 0 unspecified atom stereocenters. The van der Waals surface area contributed by atoms with Crippen LogP contribution in [0.15, 0.2) is 18.9 Å². The summed E-state index contributed by atoms with van der Waals surface area (Å²) >= 11 is 0. The Balaban J connectivity index is 2.24. The monoisotopic (exact) mass is 297 g/mol. The molecule has 1 aliphatic heterocycles. The van der Waals surface area contributed by atoms with Gasteiger partial charge in [-0.1, -0.05) is 6.08 Å². The van der Waals surface area contributed by atoms with Gasteiger partial charge in [0.1, 0.15) is 5.82 Å². The lowest BCUT2D eigenvalue weighted by molar-refractivity contribution is 0.130. The molecule has 1 aliphatic rings. The summed E-state index contributed by atoms with van der Waals surface area (Å²) < 4.78 is 25.7. The number of hydrogen-bond acceptors (Lipinski definition) is 4. The first kappa shape index (κ1) is 15.3. The van der Waals surface area contributed by atoms with Gasteiger partial charge in [-0.3, -0.25) is 4.90 Å². The van der Waals surface area contributed by atoms with Gasteiger partial charge in [0.15, 0.2) is 9.84 Å².